The van der Waals surface area contributed by atoms with Crippen LogP contribution in [0.1, 0.15) is 27.0 Å². The molecule has 4 aromatic rings. The highest BCUT2D eigenvalue weighted by Crippen LogP contribution is 2.24. The van der Waals surface area contributed by atoms with Crippen LogP contribution < -0.4 is 5.32 Å². The van der Waals surface area contributed by atoms with E-state index in [1.165, 1.54) is 4.90 Å². The molecular formula is C27H26N4O3. The van der Waals surface area contributed by atoms with E-state index in [9.17, 15) is 9.59 Å². The predicted octanol–water partition coefficient (Wildman–Crippen LogP) is 5.04. The maximum Gasteiger partial charge on any atom is 0.254 e. The molecule has 0 atom stereocenters. The van der Waals surface area contributed by atoms with E-state index in [4.69, 9.17) is 4.42 Å². The summed E-state index contributed by atoms with van der Waals surface area (Å²) in [5, 5.41) is 11.1. The van der Waals surface area contributed by atoms with Gasteiger partial charge >= 0.3 is 0 Å². The van der Waals surface area contributed by atoms with Crippen molar-refractivity contribution < 1.29 is 14.0 Å². The highest BCUT2D eigenvalue weighted by molar-refractivity contribution is 5.99. The van der Waals surface area contributed by atoms with E-state index in [-0.39, 0.29) is 18.4 Å². The predicted molar refractivity (Wildman–Crippen MR) is 131 cm³/mol. The molecule has 7 heteroatoms. The number of carbonyl (C=O) groups is 2. The lowest BCUT2D eigenvalue weighted by molar-refractivity contribution is -0.116. The molecule has 7 nitrogen and oxygen atoms in total. The molecule has 0 unspecified atom stereocenters. The molecule has 0 spiro atoms. The van der Waals surface area contributed by atoms with Gasteiger partial charge in [-0.3, -0.25) is 9.59 Å². The molecule has 172 valence electrons. The normalized spacial score (nSPS) is 10.7. The fourth-order valence-electron chi connectivity index (χ4n) is 3.49. The van der Waals surface area contributed by atoms with Crippen LogP contribution in [0.15, 0.2) is 71.1 Å². The van der Waals surface area contributed by atoms with Crippen LogP contribution in [-0.4, -0.2) is 40.5 Å². The molecule has 0 saturated carbocycles. The van der Waals surface area contributed by atoms with Crippen LogP contribution >= 0.6 is 0 Å². The van der Waals surface area contributed by atoms with Crippen molar-refractivity contribution in [3.05, 3.63) is 89.0 Å². The largest absolute Gasteiger partial charge is 0.416 e. The second kappa shape index (κ2) is 9.70. The molecule has 0 saturated heterocycles. The molecule has 1 aromatic heterocycles. The van der Waals surface area contributed by atoms with Gasteiger partial charge in [0.2, 0.25) is 17.7 Å². The van der Waals surface area contributed by atoms with Crippen molar-refractivity contribution in [1.82, 2.24) is 15.1 Å². The molecule has 1 heterocycles. The van der Waals surface area contributed by atoms with Gasteiger partial charge in [0.1, 0.15) is 0 Å². The Hall–Kier alpha value is -4.26. The smallest absolute Gasteiger partial charge is 0.254 e. The van der Waals surface area contributed by atoms with Crippen LogP contribution in [0.4, 0.5) is 5.69 Å². The lowest BCUT2D eigenvalue weighted by Crippen LogP contribution is -2.35. The van der Waals surface area contributed by atoms with Gasteiger partial charge in [-0.1, -0.05) is 29.8 Å². The van der Waals surface area contributed by atoms with E-state index in [0.29, 0.717) is 22.9 Å². The number of nitrogens with one attached hydrogen (secondary N) is 1. The first-order valence-corrected chi connectivity index (χ1v) is 10.9. The molecule has 1 N–H and O–H groups in total. The third-order valence-electron chi connectivity index (χ3n) is 5.71. The number of benzene rings is 3. The molecule has 0 fully saturated rings. The number of aromatic nitrogens is 2. The summed E-state index contributed by atoms with van der Waals surface area (Å²) in [6.07, 6.45) is 0. The maximum absolute atomic E-state index is 12.8. The van der Waals surface area contributed by atoms with Crippen molar-refractivity contribution in [1.29, 1.82) is 0 Å². The summed E-state index contributed by atoms with van der Waals surface area (Å²) in [6, 6.07) is 20.4. The molecule has 0 aliphatic carbocycles. The molecule has 34 heavy (non-hydrogen) atoms. The van der Waals surface area contributed by atoms with Crippen molar-refractivity contribution in [3.8, 4) is 22.9 Å². The minimum absolute atomic E-state index is 0.0580. The quantitative estimate of drug-likeness (QED) is 0.441. The first-order valence-electron chi connectivity index (χ1n) is 10.9. The summed E-state index contributed by atoms with van der Waals surface area (Å²) in [6.45, 7) is 5.90. The number of rotatable bonds is 6. The Bertz CT molecular complexity index is 1330. The standard InChI is InChI=1S/C27H26N4O3/c1-17-8-10-20(11-9-17)25-29-30-26(34-25)21-12-14-22(15-13-21)27(33)31(4)16-24(32)28-23-7-5-6-18(2)19(23)3/h5-15H,16H2,1-4H3,(H,28,32). The van der Waals surface area contributed by atoms with Gasteiger partial charge in [0.25, 0.3) is 5.91 Å². The van der Waals surface area contributed by atoms with E-state index in [1.54, 1.807) is 31.3 Å². The maximum atomic E-state index is 12.8. The number of likely N-dealkylation sites (N-methyl/N-ethyl adjacent to an activating group) is 1. The van der Waals surface area contributed by atoms with E-state index in [0.717, 1.165) is 27.9 Å². The molecule has 0 aliphatic rings. The molecule has 0 radical (unpaired) electrons. The topological polar surface area (TPSA) is 88.3 Å². The summed E-state index contributed by atoms with van der Waals surface area (Å²) in [7, 11) is 1.60. The van der Waals surface area contributed by atoms with Gasteiger partial charge in [-0.15, -0.1) is 10.2 Å². The Kier molecular flexibility index (Phi) is 6.54. The third kappa shape index (κ3) is 5.04. The Morgan fingerprint density at radius 3 is 2.06 bits per heavy atom. The molecule has 2 amide bonds. The second-order valence-corrected chi connectivity index (χ2v) is 8.31. The van der Waals surface area contributed by atoms with Crippen LogP contribution in [-0.2, 0) is 4.79 Å². The Balaban J connectivity index is 1.40. The molecule has 4 rings (SSSR count). The first kappa shape index (κ1) is 22.9. The number of hydrogen-bond acceptors (Lipinski definition) is 5. The fourth-order valence-corrected chi connectivity index (χ4v) is 3.49. The number of aryl methyl sites for hydroxylation is 2. The first-order chi connectivity index (χ1) is 16.3. The Morgan fingerprint density at radius 2 is 1.44 bits per heavy atom. The zero-order valence-corrected chi connectivity index (χ0v) is 19.6. The summed E-state index contributed by atoms with van der Waals surface area (Å²) >= 11 is 0. The summed E-state index contributed by atoms with van der Waals surface area (Å²) in [5.74, 6) is 0.296. The Labute approximate surface area is 198 Å². The van der Waals surface area contributed by atoms with Crippen molar-refractivity contribution in [2.45, 2.75) is 20.8 Å². The SMILES string of the molecule is Cc1ccc(-c2nnc(-c3ccc(C(=O)N(C)CC(=O)Nc4cccc(C)c4C)cc3)o2)cc1. The Morgan fingerprint density at radius 1 is 0.853 bits per heavy atom. The second-order valence-electron chi connectivity index (χ2n) is 8.31. The van der Waals surface area contributed by atoms with E-state index in [1.807, 2.05) is 63.2 Å². The number of carbonyl (C=O) groups excluding carboxylic acids is 2. The summed E-state index contributed by atoms with van der Waals surface area (Å²) < 4.78 is 5.80. The van der Waals surface area contributed by atoms with E-state index in [2.05, 4.69) is 15.5 Å². The fraction of sp³-hybridized carbons (Fsp3) is 0.185. The van der Waals surface area contributed by atoms with Crippen LogP contribution in [0.5, 0.6) is 0 Å². The van der Waals surface area contributed by atoms with Crippen LogP contribution in [0, 0.1) is 20.8 Å². The molecule has 3 aromatic carbocycles. The number of anilines is 1. The van der Waals surface area contributed by atoms with Crippen LogP contribution in [0.2, 0.25) is 0 Å². The van der Waals surface area contributed by atoms with Gasteiger partial charge in [0.05, 0.1) is 6.54 Å². The summed E-state index contributed by atoms with van der Waals surface area (Å²) in [4.78, 5) is 26.7. The monoisotopic (exact) mass is 454 g/mol. The van der Waals surface area contributed by atoms with Gasteiger partial charge < -0.3 is 14.6 Å². The third-order valence-corrected chi connectivity index (χ3v) is 5.71. The van der Waals surface area contributed by atoms with E-state index >= 15 is 0 Å². The van der Waals surface area contributed by atoms with Crippen molar-refractivity contribution in [3.63, 3.8) is 0 Å². The van der Waals surface area contributed by atoms with Crippen molar-refractivity contribution >= 4 is 17.5 Å². The van der Waals surface area contributed by atoms with Crippen molar-refractivity contribution in [2.24, 2.45) is 0 Å². The number of hydrogen-bond donors (Lipinski definition) is 1. The zero-order valence-electron chi connectivity index (χ0n) is 19.6. The minimum Gasteiger partial charge on any atom is -0.416 e. The average molecular weight is 455 g/mol. The van der Waals surface area contributed by atoms with Gasteiger partial charge in [0, 0.05) is 29.4 Å². The van der Waals surface area contributed by atoms with Crippen LogP contribution in [0.25, 0.3) is 22.9 Å². The lowest BCUT2D eigenvalue weighted by atomic mass is 10.1. The summed E-state index contributed by atoms with van der Waals surface area (Å²) in [5.41, 5.74) is 6.01. The highest BCUT2D eigenvalue weighted by atomic mass is 16.4. The number of nitrogens with zero attached hydrogens (tertiary/aromatic N) is 3. The number of amides is 2. The average Bonchev–Trinajstić information content (AvgIpc) is 3.32. The van der Waals surface area contributed by atoms with Gasteiger partial charge in [-0.2, -0.15) is 0 Å². The van der Waals surface area contributed by atoms with E-state index < -0.39 is 0 Å². The zero-order chi connectivity index (χ0) is 24.2. The van der Waals surface area contributed by atoms with Gasteiger partial charge in [0.15, 0.2) is 0 Å². The molecule has 0 aliphatic heterocycles. The highest BCUT2D eigenvalue weighted by Gasteiger charge is 2.17. The molecular weight excluding hydrogens is 428 g/mol. The van der Waals surface area contributed by atoms with Gasteiger partial charge in [-0.25, -0.2) is 0 Å². The molecule has 0 bridgehead atoms. The lowest BCUT2D eigenvalue weighted by Gasteiger charge is -2.18. The van der Waals surface area contributed by atoms with Crippen LogP contribution in [0.3, 0.4) is 0 Å². The minimum atomic E-state index is -0.256. The van der Waals surface area contributed by atoms with Gasteiger partial charge in [-0.05, 0) is 74.4 Å². The van der Waals surface area contributed by atoms with Crippen molar-refractivity contribution in [2.75, 3.05) is 18.9 Å².